The molecular formula is C23H27NO10S. The SMILES string of the molecule is COC(=O)CCC(=O)Oc1cccc(NS(=O)(=O)/C=C/c2c(OC)cc(OC)cc2OC)c1OC. The van der Waals surface area contributed by atoms with Gasteiger partial charge in [-0.15, -0.1) is 0 Å². The van der Waals surface area contributed by atoms with Crippen LogP contribution < -0.4 is 28.4 Å². The Kier molecular flexibility index (Phi) is 9.76. The molecule has 1 N–H and O–H groups in total. The summed E-state index contributed by atoms with van der Waals surface area (Å²) < 4.78 is 58.7. The number of benzene rings is 2. The van der Waals surface area contributed by atoms with E-state index in [0.717, 1.165) is 5.41 Å². The lowest BCUT2D eigenvalue weighted by molar-refractivity contribution is -0.144. The molecule has 2 rings (SSSR count). The maximum absolute atomic E-state index is 12.8. The van der Waals surface area contributed by atoms with E-state index in [9.17, 15) is 18.0 Å². The number of para-hydroxylation sites is 1. The summed E-state index contributed by atoms with van der Waals surface area (Å²) in [5.74, 6) is -0.170. The predicted molar refractivity (Wildman–Crippen MR) is 128 cm³/mol. The summed E-state index contributed by atoms with van der Waals surface area (Å²) in [5.41, 5.74) is 0.408. The first-order valence-electron chi connectivity index (χ1n) is 10.1. The second kappa shape index (κ2) is 12.5. The zero-order valence-corrected chi connectivity index (χ0v) is 20.8. The average molecular weight is 510 g/mol. The lowest BCUT2D eigenvalue weighted by Crippen LogP contribution is -2.13. The zero-order valence-electron chi connectivity index (χ0n) is 19.9. The summed E-state index contributed by atoms with van der Waals surface area (Å²) in [6.45, 7) is 0. The number of carbonyl (C=O) groups excluding carboxylic acids is 2. The molecule has 35 heavy (non-hydrogen) atoms. The molecule has 0 unspecified atom stereocenters. The van der Waals surface area contributed by atoms with Crippen LogP contribution in [0.2, 0.25) is 0 Å². The summed E-state index contributed by atoms with van der Waals surface area (Å²) in [6, 6.07) is 7.51. The number of esters is 2. The summed E-state index contributed by atoms with van der Waals surface area (Å²) >= 11 is 0. The Bertz CT molecular complexity index is 1170. The first-order valence-corrected chi connectivity index (χ1v) is 11.7. The van der Waals surface area contributed by atoms with Crippen molar-refractivity contribution in [2.75, 3.05) is 40.3 Å². The molecule has 0 amide bonds. The minimum atomic E-state index is -4.06. The van der Waals surface area contributed by atoms with Gasteiger partial charge in [-0.3, -0.25) is 14.3 Å². The van der Waals surface area contributed by atoms with E-state index in [-0.39, 0.29) is 30.0 Å². The topological polar surface area (TPSA) is 136 Å². The number of nitrogens with one attached hydrogen (secondary N) is 1. The molecule has 0 aliphatic heterocycles. The van der Waals surface area contributed by atoms with Gasteiger partial charge in [-0.25, -0.2) is 8.42 Å². The lowest BCUT2D eigenvalue weighted by Gasteiger charge is -2.14. The minimum Gasteiger partial charge on any atom is -0.496 e. The molecule has 2 aromatic carbocycles. The number of anilines is 1. The number of hydrogen-bond acceptors (Lipinski definition) is 10. The highest BCUT2D eigenvalue weighted by Gasteiger charge is 2.19. The largest absolute Gasteiger partial charge is 0.496 e. The fraction of sp³-hybridized carbons (Fsp3) is 0.304. The molecule has 0 fully saturated rings. The fourth-order valence-electron chi connectivity index (χ4n) is 2.91. The van der Waals surface area contributed by atoms with Crippen LogP contribution in [0.15, 0.2) is 35.7 Å². The second-order valence-electron chi connectivity index (χ2n) is 6.78. The lowest BCUT2D eigenvalue weighted by atomic mass is 10.1. The van der Waals surface area contributed by atoms with Crippen LogP contribution in [0.3, 0.4) is 0 Å². The maximum Gasteiger partial charge on any atom is 0.311 e. The summed E-state index contributed by atoms with van der Waals surface area (Å²) in [5, 5.41) is 0.925. The molecule has 0 atom stereocenters. The summed E-state index contributed by atoms with van der Waals surface area (Å²) in [7, 11) is 2.79. The molecule has 0 aliphatic rings. The van der Waals surface area contributed by atoms with Crippen molar-refractivity contribution < 1.29 is 46.4 Å². The normalized spacial score (nSPS) is 11.0. The van der Waals surface area contributed by atoms with Gasteiger partial charge >= 0.3 is 11.9 Å². The Morgan fingerprint density at radius 2 is 1.49 bits per heavy atom. The van der Waals surface area contributed by atoms with Crippen molar-refractivity contribution in [3.8, 4) is 28.7 Å². The highest BCUT2D eigenvalue weighted by Crippen LogP contribution is 2.37. The highest BCUT2D eigenvalue weighted by molar-refractivity contribution is 7.95. The van der Waals surface area contributed by atoms with Crippen molar-refractivity contribution in [1.82, 2.24) is 0 Å². The number of carbonyl (C=O) groups is 2. The fourth-order valence-corrected chi connectivity index (χ4v) is 3.76. The van der Waals surface area contributed by atoms with Crippen LogP contribution in [0.5, 0.6) is 28.7 Å². The first-order chi connectivity index (χ1) is 16.7. The van der Waals surface area contributed by atoms with Crippen molar-refractivity contribution >= 4 is 33.7 Å². The van der Waals surface area contributed by atoms with Gasteiger partial charge in [0, 0.05) is 12.1 Å². The number of sulfonamides is 1. The van der Waals surface area contributed by atoms with Crippen molar-refractivity contribution in [3.05, 3.63) is 41.3 Å². The van der Waals surface area contributed by atoms with Gasteiger partial charge in [0.15, 0.2) is 11.5 Å². The van der Waals surface area contributed by atoms with E-state index in [2.05, 4.69) is 9.46 Å². The Morgan fingerprint density at radius 1 is 0.857 bits per heavy atom. The molecule has 0 bridgehead atoms. The Labute approximate surface area is 203 Å². The van der Waals surface area contributed by atoms with E-state index in [1.54, 1.807) is 12.1 Å². The highest BCUT2D eigenvalue weighted by atomic mass is 32.2. The monoisotopic (exact) mass is 509 g/mol. The molecule has 0 spiro atoms. The van der Waals surface area contributed by atoms with Gasteiger partial charge < -0.3 is 28.4 Å². The predicted octanol–water partition coefficient (Wildman–Crippen LogP) is 2.99. The van der Waals surface area contributed by atoms with Gasteiger partial charge in [0.25, 0.3) is 10.0 Å². The van der Waals surface area contributed by atoms with E-state index >= 15 is 0 Å². The van der Waals surface area contributed by atoms with Crippen molar-refractivity contribution in [1.29, 1.82) is 0 Å². The minimum absolute atomic E-state index is 0.0181. The molecule has 0 aromatic heterocycles. The van der Waals surface area contributed by atoms with Gasteiger partial charge in [-0.05, 0) is 18.2 Å². The molecule has 190 valence electrons. The average Bonchev–Trinajstić information content (AvgIpc) is 2.85. The molecule has 0 saturated carbocycles. The Hall–Kier alpha value is -3.93. The molecule has 0 saturated heterocycles. The Balaban J connectivity index is 2.28. The van der Waals surface area contributed by atoms with Crippen LogP contribution in [0.25, 0.3) is 6.08 Å². The van der Waals surface area contributed by atoms with Gasteiger partial charge in [0.2, 0.25) is 0 Å². The van der Waals surface area contributed by atoms with E-state index in [0.29, 0.717) is 22.8 Å². The molecule has 12 heteroatoms. The molecule has 0 aliphatic carbocycles. The molecular weight excluding hydrogens is 482 g/mol. The van der Waals surface area contributed by atoms with Crippen LogP contribution in [-0.2, 0) is 24.3 Å². The quantitative estimate of drug-likeness (QED) is 0.336. The zero-order chi connectivity index (χ0) is 26.0. The first kappa shape index (κ1) is 27.3. The Morgan fingerprint density at radius 3 is 2.03 bits per heavy atom. The van der Waals surface area contributed by atoms with Crippen LogP contribution in [-0.4, -0.2) is 55.9 Å². The molecule has 0 radical (unpaired) electrons. The summed E-state index contributed by atoms with van der Waals surface area (Å²) in [4.78, 5) is 23.3. The third kappa shape index (κ3) is 7.54. The number of methoxy groups -OCH3 is 5. The van der Waals surface area contributed by atoms with Crippen molar-refractivity contribution in [2.24, 2.45) is 0 Å². The van der Waals surface area contributed by atoms with Gasteiger partial charge in [-0.1, -0.05) is 6.07 Å². The standard InChI is InChI=1S/C23H27NO10S/c1-29-15-13-19(30-2)16(20(14-15)31-3)11-12-35(27,28)24-17-7-6-8-18(23(17)33-5)34-22(26)10-9-21(25)32-4/h6-8,11-14,24H,9-10H2,1-5H3/b12-11+. The van der Waals surface area contributed by atoms with Crippen LogP contribution in [0.1, 0.15) is 18.4 Å². The molecule has 2 aromatic rings. The van der Waals surface area contributed by atoms with Crippen LogP contribution in [0.4, 0.5) is 5.69 Å². The van der Waals surface area contributed by atoms with Gasteiger partial charge in [0.1, 0.15) is 17.2 Å². The molecule has 0 heterocycles. The van der Waals surface area contributed by atoms with E-state index < -0.39 is 22.0 Å². The number of hydrogen-bond donors (Lipinski definition) is 1. The second-order valence-corrected chi connectivity index (χ2v) is 8.35. The van der Waals surface area contributed by atoms with Crippen LogP contribution in [0, 0.1) is 0 Å². The molecule has 11 nitrogen and oxygen atoms in total. The number of ether oxygens (including phenoxy) is 6. The van der Waals surface area contributed by atoms with Crippen molar-refractivity contribution in [2.45, 2.75) is 12.8 Å². The maximum atomic E-state index is 12.8. The van der Waals surface area contributed by atoms with E-state index in [1.165, 1.54) is 59.8 Å². The summed E-state index contributed by atoms with van der Waals surface area (Å²) in [6.07, 6.45) is 0.926. The third-order valence-corrected chi connectivity index (χ3v) is 5.59. The van der Waals surface area contributed by atoms with Crippen molar-refractivity contribution in [3.63, 3.8) is 0 Å². The van der Waals surface area contributed by atoms with Crippen LogP contribution >= 0.6 is 0 Å². The third-order valence-electron chi connectivity index (χ3n) is 4.59. The number of rotatable bonds is 12. The van der Waals surface area contributed by atoms with E-state index in [4.69, 9.17) is 23.7 Å². The van der Waals surface area contributed by atoms with E-state index in [1.807, 2.05) is 0 Å². The van der Waals surface area contributed by atoms with Gasteiger partial charge in [-0.2, -0.15) is 0 Å². The van der Waals surface area contributed by atoms with Gasteiger partial charge in [0.05, 0.1) is 65.0 Å². The smallest absolute Gasteiger partial charge is 0.311 e.